The van der Waals surface area contributed by atoms with E-state index >= 15 is 0 Å². The Bertz CT molecular complexity index is 370. The van der Waals surface area contributed by atoms with E-state index in [1.165, 1.54) is 18.5 Å². The maximum atomic E-state index is 11.0. The zero-order valence-corrected chi connectivity index (χ0v) is 9.52. The van der Waals surface area contributed by atoms with E-state index in [9.17, 15) is 4.79 Å². The maximum Gasteiger partial charge on any atom is 0.233 e. The van der Waals surface area contributed by atoms with Gasteiger partial charge in [0.25, 0.3) is 0 Å². The number of carbonyl (C=O) groups excluding carboxylic acids is 1. The summed E-state index contributed by atoms with van der Waals surface area (Å²) in [6.45, 7) is 2.06. The van der Waals surface area contributed by atoms with Gasteiger partial charge < -0.3 is 0 Å². The van der Waals surface area contributed by atoms with Crippen molar-refractivity contribution in [2.24, 2.45) is 5.84 Å². The summed E-state index contributed by atoms with van der Waals surface area (Å²) in [6, 6.07) is 2.32. The summed E-state index contributed by atoms with van der Waals surface area (Å²) in [5.41, 5.74) is 3.33. The Morgan fingerprint density at radius 1 is 1.75 bits per heavy atom. The smallest absolute Gasteiger partial charge is 0.233 e. The molecule has 2 rings (SSSR count). The van der Waals surface area contributed by atoms with Crippen LogP contribution in [0.4, 0.5) is 0 Å². The fraction of sp³-hybridized carbons (Fsp3) is 0.636. The minimum Gasteiger partial charge on any atom is -0.294 e. The van der Waals surface area contributed by atoms with E-state index in [2.05, 4.69) is 23.5 Å². The Morgan fingerprint density at radius 3 is 3.12 bits per heavy atom. The molecule has 1 saturated carbocycles. The molecule has 1 atom stereocenters. The summed E-state index contributed by atoms with van der Waals surface area (Å²) in [5, 5.41) is 4.53. The van der Waals surface area contributed by atoms with Crippen molar-refractivity contribution < 1.29 is 4.79 Å². The van der Waals surface area contributed by atoms with Crippen LogP contribution < -0.4 is 11.3 Å². The third kappa shape index (κ3) is 2.61. The molecular formula is C11H18N4O. The van der Waals surface area contributed by atoms with Gasteiger partial charge in [-0.2, -0.15) is 5.10 Å². The van der Waals surface area contributed by atoms with Crippen LogP contribution in [0.3, 0.4) is 0 Å². The molecule has 1 aliphatic rings. The minimum atomic E-state index is -0.124. The number of nitrogens with one attached hydrogen (secondary N) is 1. The number of rotatable bonds is 5. The van der Waals surface area contributed by atoms with Gasteiger partial charge in [0.05, 0.1) is 5.69 Å². The number of nitrogens with zero attached hydrogens (tertiary/aromatic N) is 2. The molecule has 0 radical (unpaired) electrons. The molecule has 1 aromatic heterocycles. The summed E-state index contributed by atoms with van der Waals surface area (Å²) in [5.74, 6) is 5.58. The summed E-state index contributed by atoms with van der Waals surface area (Å²) in [4.78, 5) is 11.0. The predicted molar refractivity (Wildman–Crippen MR) is 60.5 cm³/mol. The normalized spacial score (nSPS) is 17.1. The van der Waals surface area contributed by atoms with E-state index in [4.69, 9.17) is 5.84 Å². The molecule has 0 aromatic carbocycles. The molecule has 0 spiro atoms. The minimum absolute atomic E-state index is 0.124. The molecule has 16 heavy (non-hydrogen) atoms. The molecule has 5 heteroatoms. The van der Waals surface area contributed by atoms with Crippen LogP contribution in [0.15, 0.2) is 12.3 Å². The molecule has 88 valence electrons. The number of amides is 1. The number of carbonyl (C=O) groups is 1. The first kappa shape index (κ1) is 11.1. The quantitative estimate of drug-likeness (QED) is 0.445. The molecular weight excluding hydrogens is 204 g/mol. The van der Waals surface area contributed by atoms with Gasteiger partial charge in [-0.15, -0.1) is 0 Å². The highest BCUT2D eigenvalue weighted by Gasteiger charge is 2.26. The van der Waals surface area contributed by atoms with Gasteiger partial charge in [0.2, 0.25) is 5.91 Å². The maximum absolute atomic E-state index is 11.0. The van der Waals surface area contributed by atoms with Crippen LogP contribution in [0.25, 0.3) is 0 Å². The summed E-state index contributed by atoms with van der Waals surface area (Å²) in [7, 11) is 0. The van der Waals surface area contributed by atoms with Crippen LogP contribution in [0.5, 0.6) is 0 Å². The van der Waals surface area contributed by atoms with E-state index < -0.39 is 0 Å². The second-order valence-corrected chi connectivity index (χ2v) is 4.45. The second kappa shape index (κ2) is 4.65. The zero-order chi connectivity index (χ0) is 11.5. The fourth-order valence-electron chi connectivity index (χ4n) is 1.74. The third-order valence-electron chi connectivity index (χ3n) is 3.03. The van der Waals surface area contributed by atoms with Gasteiger partial charge in [0.15, 0.2) is 0 Å². The van der Waals surface area contributed by atoms with Crippen molar-refractivity contribution in [3.05, 3.63) is 18.0 Å². The first-order valence-corrected chi connectivity index (χ1v) is 5.75. The van der Waals surface area contributed by atoms with Crippen LogP contribution in [-0.2, 0) is 4.79 Å². The van der Waals surface area contributed by atoms with Gasteiger partial charge in [-0.25, -0.2) is 5.84 Å². The Hall–Kier alpha value is -1.36. The summed E-state index contributed by atoms with van der Waals surface area (Å²) >= 11 is 0. The molecule has 3 N–H and O–H groups in total. The SMILES string of the molecule is CC(CCC(=O)NN)n1ccc(C2CC2)n1. The van der Waals surface area contributed by atoms with Crippen molar-refractivity contribution in [1.29, 1.82) is 0 Å². The third-order valence-corrected chi connectivity index (χ3v) is 3.03. The van der Waals surface area contributed by atoms with E-state index in [-0.39, 0.29) is 11.9 Å². The fourth-order valence-corrected chi connectivity index (χ4v) is 1.74. The Balaban J connectivity index is 1.87. The molecule has 1 fully saturated rings. The van der Waals surface area contributed by atoms with Crippen molar-refractivity contribution in [3.8, 4) is 0 Å². The Labute approximate surface area is 95.0 Å². The molecule has 1 heterocycles. The van der Waals surface area contributed by atoms with E-state index in [1.807, 2.05) is 10.9 Å². The van der Waals surface area contributed by atoms with E-state index in [0.717, 1.165) is 6.42 Å². The number of aromatic nitrogens is 2. The van der Waals surface area contributed by atoms with Crippen LogP contribution in [-0.4, -0.2) is 15.7 Å². The van der Waals surface area contributed by atoms with Crippen LogP contribution in [0.1, 0.15) is 50.3 Å². The van der Waals surface area contributed by atoms with Gasteiger partial charge in [0, 0.05) is 24.6 Å². The summed E-state index contributed by atoms with van der Waals surface area (Å²) in [6.07, 6.45) is 5.73. The number of hydrogen-bond acceptors (Lipinski definition) is 3. The van der Waals surface area contributed by atoms with Crippen LogP contribution >= 0.6 is 0 Å². The highest BCUT2D eigenvalue weighted by atomic mass is 16.2. The molecule has 1 amide bonds. The molecule has 1 aromatic rings. The second-order valence-electron chi connectivity index (χ2n) is 4.45. The molecule has 5 nitrogen and oxygen atoms in total. The lowest BCUT2D eigenvalue weighted by Gasteiger charge is -2.11. The zero-order valence-electron chi connectivity index (χ0n) is 9.52. The van der Waals surface area contributed by atoms with E-state index in [1.54, 1.807) is 0 Å². The van der Waals surface area contributed by atoms with Crippen LogP contribution in [0, 0.1) is 0 Å². The Kier molecular flexibility index (Phi) is 3.24. The van der Waals surface area contributed by atoms with Gasteiger partial charge in [-0.3, -0.25) is 14.9 Å². The highest BCUT2D eigenvalue weighted by Crippen LogP contribution is 2.39. The highest BCUT2D eigenvalue weighted by molar-refractivity contribution is 5.75. The molecule has 1 aliphatic carbocycles. The molecule has 0 saturated heterocycles. The molecule has 0 bridgehead atoms. The standard InChI is InChI=1S/C11H18N4O/c1-8(2-5-11(16)13-12)15-7-6-10(14-15)9-3-4-9/h6-9H,2-5,12H2,1H3,(H,13,16). The predicted octanol–water partition coefficient (Wildman–Crippen LogP) is 1.09. The summed E-state index contributed by atoms with van der Waals surface area (Å²) < 4.78 is 1.94. The van der Waals surface area contributed by atoms with Gasteiger partial charge in [-0.05, 0) is 32.3 Å². The average Bonchev–Trinajstić information content (AvgIpc) is 3.03. The van der Waals surface area contributed by atoms with Crippen LogP contribution in [0.2, 0.25) is 0 Å². The van der Waals surface area contributed by atoms with Crippen molar-refractivity contribution in [2.45, 2.75) is 44.6 Å². The van der Waals surface area contributed by atoms with E-state index in [0.29, 0.717) is 12.3 Å². The van der Waals surface area contributed by atoms with Crippen molar-refractivity contribution >= 4 is 5.91 Å². The first-order valence-electron chi connectivity index (χ1n) is 5.75. The lowest BCUT2D eigenvalue weighted by atomic mass is 10.2. The van der Waals surface area contributed by atoms with Crippen molar-refractivity contribution in [3.63, 3.8) is 0 Å². The molecule has 1 unspecified atom stereocenters. The molecule has 0 aliphatic heterocycles. The average molecular weight is 222 g/mol. The lowest BCUT2D eigenvalue weighted by Crippen LogP contribution is -2.30. The number of hydrogen-bond donors (Lipinski definition) is 2. The van der Waals surface area contributed by atoms with Gasteiger partial charge in [0.1, 0.15) is 0 Å². The van der Waals surface area contributed by atoms with Crippen molar-refractivity contribution in [2.75, 3.05) is 0 Å². The van der Waals surface area contributed by atoms with Gasteiger partial charge in [-0.1, -0.05) is 0 Å². The topological polar surface area (TPSA) is 72.9 Å². The lowest BCUT2D eigenvalue weighted by molar-refractivity contribution is -0.121. The largest absolute Gasteiger partial charge is 0.294 e. The first-order chi connectivity index (χ1) is 7.70. The Morgan fingerprint density at radius 2 is 2.50 bits per heavy atom. The van der Waals surface area contributed by atoms with Crippen molar-refractivity contribution in [1.82, 2.24) is 15.2 Å². The monoisotopic (exact) mass is 222 g/mol. The number of nitrogens with two attached hydrogens (primary N) is 1. The van der Waals surface area contributed by atoms with Gasteiger partial charge >= 0.3 is 0 Å². The number of hydrazine groups is 1.